The molecule has 1 aliphatic rings. The zero-order chi connectivity index (χ0) is 17.4. The maximum atomic E-state index is 12.4. The maximum Gasteiger partial charge on any atom is 0.248 e. The van der Waals surface area contributed by atoms with Crippen LogP contribution in [0.15, 0.2) is 53.6 Å². The van der Waals surface area contributed by atoms with Gasteiger partial charge in [0, 0.05) is 22.6 Å². The van der Waals surface area contributed by atoms with Crippen LogP contribution in [0.3, 0.4) is 0 Å². The normalized spacial score (nSPS) is 14.7. The first-order chi connectivity index (χ1) is 12.1. The zero-order valence-electron chi connectivity index (χ0n) is 13.5. The molecule has 6 heteroatoms. The Hall–Kier alpha value is -2.37. The Kier molecular flexibility index (Phi) is 4.19. The summed E-state index contributed by atoms with van der Waals surface area (Å²) < 4.78 is 6.24. The monoisotopic (exact) mass is 370 g/mol. The summed E-state index contributed by atoms with van der Waals surface area (Å²) in [6.07, 6.45) is 1.08. The van der Waals surface area contributed by atoms with E-state index < -0.39 is 0 Å². The minimum Gasteiger partial charge on any atom is -0.497 e. The molecule has 1 amide bonds. The van der Waals surface area contributed by atoms with E-state index in [2.05, 4.69) is 5.10 Å². The first-order valence-corrected chi connectivity index (χ1v) is 9.07. The molecule has 1 aromatic heterocycles. The van der Waals surface area contributed by atoms with Crippen LogP contribution in [0.25, 0.3) is 10.1 Å². The van der Waals surface area contributed by atoms with Gasteiger partial charge in [-0.1, -0.05) is 17.7 Å². The number of halogens is 1. The number of amides is 1. The summed E-state index contributed by atoms with van der Waals surface area (Å²) >= 11 is 7.58. The topological polar surface area (TPSA) is 41.9 Å². The van der Waals surface area contributed by atoms with Crippen LogP contribution in [0.4, 0.5) is 5.00 Å². The van der Waals surface area contributed by atoms with Crippen molar-refractivity contribution in [2.24, 2.45) is 5.10 Å². The quantitative estimate of drug-likeness (QED) is 0.644. The lowest BCUT2D eigenvalue weighted by Crippen LogP contribution is -2.31. The van der Waals surface area contributed by atoms with E-state index in [0.717, 1.165) is 32.1 Å². The second-order valence-corrected chi connectivity index (χ2v) is 7.25. The minimum absolute atomic E-state index is 0.00918. The van der Waals surface area contributed by atoms with Crippen molar-refractivity contribution < 1.29 is 9.53 Å². The number of ether oxygens (including phenoxy) is 1. The number of rotatable bonds is 3. The first kappa shape index (κ1) is 16.1. The van der Waals surface area contributed by atoms with Gasteiger partial charge in [0.05, 0.1) is 12.8 Å². The molecule has 2 heterocycles. The van der Waals surface area contributed by atoms with Crippen LogP contribution in [0.2, 0.25) is 5.02 Å². The van der Waals surface area contributed by atoms with Crippen molar-refractivity contribution >= 4 is 49.6 Å². The Labute approximate surface area is 154 Å². The van der Waals surface area contributed by atoms with Crippen molar-refractivity contribution in [3.63, 3.8) is 0 Å². The Morgan fingerprint density at radius 1 is 1.12 bits per heavy atom. The van der Waals surface area contributed by atoms with Crippen LogP contribution in [0.1, 0.15) is 18.4 Å². The van der Waals surface area contributed by atoms with Gasteiger partial charge in [-0.15, -0.1) is 11.3 Å². The summed E-state index contributed by atoms with van der Waals surface area (Å²) in [5.74, 6) is 0.810. The average molecular weight is 371 g/mol. The number of hydrogen-bond donors (Lipinski definition) is 0. The van der Waals surface area contributed by atoms with Gasteiger partial charge in [-0.25, -0.2) is 0 Å². The van der Waals surface area contributed by atoms with Crippen molar-refractivity contribution in [1.29, 1.82) is 0 Å². The van der Waals surface area contributed by atoms with Gasteiger partial charge in [0.15, 0.2) is 0 Å². The number of fused-ring (bicyclic) bond motifs is 1. The summed E-state index contributed by atoms with van der Waals surface area (Å²) in [7, 11) is 1.64. The van der Waals surface area contributed by atoms with Crippen LogP contribution in [0, 0.1) is 0 Å². The smallest absolute Gasteiger partial charge is 0.248 e. The van der Waals surface area contributed by atoms with E-state index in [4.69, 9.17) is 16.3 Å². The van der Waals surface area contributed by atoms with Gasteiger partial charge in [-0.2, -0.15) is 10.1 Å². The van der Waals surface area contributed by atoms with Crippen LogP contribution in [0.5, 0.6) is 5.75 Å². The molecule has 126 valence electrons. The van der Waals surface area contributed by atoms with Crippen LogP contribution < -0.4 is 9.75 Å². The van der Waals surface area contributed by atoms with E-state index in [1.807, 2.05) is 48.5 Å². The molecular weight excluding hydrogens is 356 g/mol. The molecule has 4 nitrogen and oxygen atoms in total. The molecule has 2 aromatic carbocycles. The zero-order valence-corrected chi connectivity index (χ0v) is 15.1. The number of thiophene rings is 1. The Morgan fingerprint density at radius 3 is 2.68 bits per heavy atom. The molecule has 0 unspecified atom stereocenters. The molecule has 0 spiro atoms. The largest absolute Gasteiger partial charge is 0.497 e. The van der Waals surface area contributed by atoms with Crippen molar-refractivity contribution in [2.75, 3.05) is 12.1 Å². The van der Waals surface area contributed by atoms with E-state index in [0.29, 0.717) is 17.9 Å². The van der Waals surface area contributed by atoms with Gasteiger partial charge in [-0.05, 0) is 53.4 Å². The summed E-state index contributed by atoms with van der Waals surface area (Å²) in [4.78, 5) is 12.4. The van der Waals surface area contributed by atoms with Crippen LogP contribution in [-0.2, 0) is 4.79 Å². The summed E-state index contributed by atoms with van der Waals surface area (Å²) in [6, 6.07) is 15.4. The van der Waals surface area contributed by atoms with Gasteiger partial charge in [-0.3, -0.25) is 4.79 Å². The highest BCUT2D eigenvalue weighted by atomic mass is 35.5. The minimum atomic E-state index is 0.00918. The van der Waals surface area contributed by atoms with E-state index in [9.17, 15) is 4.79 Å². The van der Waals surface area contributed by atoms with Crippen LogP contribution in [-0.4, -0.2) is 18.7 Å². The second kappa shape index (κ2) is 6.50. The SMILES string of the molecule is COc1ccc(C2=NN(c3cc4ccc(Cl)cc4s3)C(=O)CC2)cc1. The third-order valence-corrected chi connectivity index (χ3v) is 5.44. The third-order valence-electron chi connectivity index (χ3n) is 4.13. The molecule has 4 rings (SSSR count). The average Bonchev–Trinajstić information content (AvgIpc) is 3.05. The molecule has 0 radical (unpaired) electrons. The number of carbonyl (C=O) groups is 1. The highest BCUT2D eigenvalue weighted by Gasteiger charge is 2.24. The fourth-order valence-corrected chi connectivity index (χ4v) is 4.12. The van der Waals surface area contributed by atoms with Gasteiger partial charge in [0.2, 0.25) is 5.91 Å². The van der Waals surface area contributed by atoms with Gasteiger partial charge in [0.1, 0.15) is 10.8 Å². The lowest BCUT2D eigenvalue weighted by molar-refractivity contribution is -0.118. The fraction of sp³-hybridized carbons (Fsp3) is 0.158. The van der Waals surface area contributed by atoms with Crippen molar-refractivity contribution in [1.82, 2.24) is 0 Å². The highest BCUT2D eigenvalue weighted by Crippen LogP contribution is 2.36. The number of benzene rings is 2. The Morgan fingerprint density at radius 2 is 1.92 bits per heavy atom. The van der Waals surface area contributed by atoms with Crippen molar-refractivity contribution in [3.05, 3.63) is 59.1 Å². The maximum absolute atomic E-state index is 12.4. The van der Waals surface area contributed by atoms with E-state index in [-0.39, 0.29) is 5.91 Å². The lowest BCUT2D eigenvalue weighted by Gasteiger charge is -2.22. The van der Waals surface area contributed by atoms with Crippen molar-refractivity contribution in [3.8, 4) is 5.75 Å². The summed E-state index contributed by atoms with van der Waals surface area (Å²) in [5.41, 5.74) is 1.90. The lowest BCUT2D eigenvalue weighted by atomic mass is 10.0. The van der Waals surface area contributed by atoms with E-state index in [1.54, 1.807) is 7.11 Å². The Balaban J connectivity index is 1.71. The van der Waals surface area contributed by atoms with Gasteiger partial charge in [0.25, 0.3) is 0 Å². The second-order valence-electron chi connectivity index (χ2n) is 5.75. The molecular formula is C19H15ClN2O2S. The molecule has 0 saturated heterocycles. The predicted molar refractivity (Wildman–Crippen MR) is 103 cm³/mol. The number of hydrazone groups is 1. The van der Waals surface area contributed by atoms with Gasteiger partial charge < -0.3 is 4.74 Å². The molecule has 0 bridgehead atoms. The molecule has 0 aliphatic carbocycles. The molecule has 25 heavy (non-hydrogen) atoms. The fourth-order valence-electron chi connectivity index (χ4n) is 2.81. The third kappa shape index (κ3) is 3.13. The number of methoxy groups -OCH3 is 1. The Bertz CT molecular complexity index is 979. The highest BCUT2D eigenvalue weighted by molar-refractivity contribution is 7.23. The van der Waals surface area contributed by atoms with Crippen molar-refractivity contribution in [2.45, 2.75) is 12.8 Å². The molecule has 1 aliphatic heterocycles. The number of carbonyl (C=O) groups excluding carboxylic acids is 1. The first-order valence-electron chi connectivity index (χ1n) is 7.88. The number of nitrogens with zero attached hydrogens (tertiary/aromatic N) is 2. The summed E-state index contributed by atoms with van der Waals surface area (Å²) in [5, 5.41) is 8.69. The molecule has 0 N–H and O–H groups in total. The van der Waals surface area contributed by atoms with E-state index in [1.165, 1.54) is 16.3 Å². The molecule has 0 saturated carbocycles. The summed E-state index contributed by atoms with van der Waals surface area (Å²) in [6.45, 7) is 0. The van der Waals surface area contributed by atoms with Crippen LogP contribution >= 0.6 is 22.9 Å². The molecule has 3 aromatic rings. The number of hydrogen-bond acceptors (Lipinski definition) is 4. The standard InChI is InChI=1S/C19H15ClN2O2S/c1-24-15-6-3-12(4-7-15)16-8-9-18(23)22(21-16)19-10-13-2-5-14(20)11-17(13)25-19/h2-7,10-11H,8-9H2,1H3. The molecule has 0 fully saturated rings. The molecule has 0 atom stereocenters. The van der Waals surface area contributed by atoms with Gasteiger partial charge >= 0.3 is 0 Å². The van der Waals surface area contributed by atoms with E-state index >= 15 is 0 Å². The number of anilines is 1. The predicted octanol–water partition coefficient (Wildman–Crippen LogP) is 5.09.